The zero-order chi connectivity index (χ0) is 18.4. The summed E-state index contributed by atoms with van der Waals surface area (Å²) in [5.74, 6) is -1.16. The van der Waals surface area contributed by atoms with Crippen LogP contribution >= 0.6 is 0 Å². The van der Waals surface area contributed by atoms with Crippen LogP contribution in [0.2, 0.25) is 0 Å². The minimum absolute atomic E-state index is 0.0369. The summed E-state index contributed by atoms with van der Waals surface area (Å²) in [6.07, 6.45) is 0. The number of benzene rings is 2. The number of ether oxygens (including phenoxy) is 1. The molecule has 0 bridgehead atoms. The number of nitrogens with one attached hydrogen (secondary N) is 1. The maximum atomic E-state index is 12.3. The molecule has 0 fully saturated rings. The molecule has 0 saturated carbocycles. The third-order valence-electron chi connectivity index (χ3n) is 3.75. The number of rotatable bonds is 6. The van der Waals surface area contributed by atoms with Crippen LogP contribution in [-0.4, -0.2) is 30.5 Å². The van der Waals surface area contributed by atoms with Gasteiger partial charge in [0.1, 0.15) is 0 Å². The molecule has 0 aliphatic rings. The number of hydrogen-bond acceptors (Lipinski definition) is 5. The number of nitro groups is 1. The normalized spacial score (nSPS) is 11.4. The van der Waals surface area contributed by atoms with Crippen molar-refractivity contribution in [1.29, 1.82) is 0 Å². The zero-order valence-corrected chi connectivity index (χ0v) is 13.9. The van der Waals surface area contributed by atoms with Crippen molar-refractivity contribution in [3.05, 3.63) is 75.3 Å². The van der Waals surface area contributed by atoms with Gasteiger partial charge in [0.05, 0.1) is 17.6 Å². The second-order valence-electron chi connectivity index (χ2n) is 5.54. The van der Waals surface area contributed by atoms with Crippen LogP contribution < -0.4 is 5.32 Å². The molecule has 0 aromatic heterocycles. The van der Waals surface area contributed by atoms with E-state index >= 15 is 0 Å². The summed E-state index contributed by atoms with van der Waals surface area (Å²) in [7, 11) is 1.17. The number of hydrogen-bond donors (Lipinski definition) is 1. The Morgan fingerprint density at radius 2 is 1.80 bits per heavy atom. The first-order valence-electron chi connectivity index (χ1n) is 7.63. The Hall–Kier alpha value is -3.22. The van der Waals surface area contributed by atoms with Crippen molar-refractivity contribution in [1.82, 2.24) is 5.32 Å². The van der Waals surface area contributed by atoms with Gasteiger partial charge in [0.15, 0.2) is 0 Å². The van der Waals surface area contributed by atoms with E-state index in [4.69, 9.17) is 0 Å². The van der Waals surface area contributed by atoms with E-state index in [0.717, 1.165) is 17.7 Å². The fraction of sp³-hybridized carbons (Fsp3) is 0.222. The highest BCUT2D eigenvalue weighted by molar-refractivity contribution is 5.99. The molecule has 0 radical (unpaired) electrons. The molecule has 2 aromatic carbocycles. The quantitative estimate of drug-likeness (QED) is 0.494. The van der Waals surface area contributed by atoms with Crippen molar-refractivity contribution in [3.63, 3.8) is 0 Å². The minimum atomic E-state index is -0.740. The van der Waals surface area contributed by atoms with Crippen molar-refractivity contribution in [2.75, 3.05) is 13.7 Å². The highest BCUT2D eigenvalue weighted by Gasteiger charge is 2.18. The molecule has 0 aliphatic heterocycles. The van der Waals surface area contributed by atoms with Crippen LogP contribution in [0.4, 0.5) is 5.69 Å². The number of methoxy groups -OCH3 is 1. The topological polar surface area (TPSA) is 98.5 Å². The summed E-state index contributed by atoms with van der Waals surface area (Å²) in [6, 6.07) is 13.1. The average Bonchev–Trinajstić information content (AvgIpc) is 2.65. The van der Waals surface area contributed by atoms with E-state index in [1.165, 1.54) is 13.2 Å². The highest BCUT2D eigenvalue weighted by atomic mass is 16.6. The Bertz CT molecular complexity index is 789. The Morgan fingerprint density at radius 3 is 2.40 bits per heavy atom. The molecular weight excluding hydrogens is 324 g/mol. The number of carbonyl (C=O) groups is 2. The van der Waals surface area contributed by atoms with Crippen molar-refractivity contribution in [3.8, 4) is 0 Å². The highest BCUT2D eigenvalue weighted by Crippen LogP contribution is 2.19. The lowest BCUT2D eigenvalue weighted by molar-refractivity contribution is -0.384. The van der Waals surface area contributed by atoms with Crippen LogP contribution in [0.5, 0.6) is 0 Å². The number of esters is 1. The molecule has 0 saturated heterocycles. The number of carbonyl (C=O) groups excluding carboxylic acids is 2. The largest absolute Gasteiger partial charge is 0.465 e. The van der Waals surface area contributed by atoms with Gasteiger partial charge in [-0.1, -0.05) is 37.3 Å². The molecule has 1 N–H and O–H groups in total. The van der Waals surface area contributed by atoms with Gasteiger partial charge in [-0.3, -0.25) is 14.9 Å². The molecule has 0 heterocycles. The van der Waals surface area contributed by atoms with Crippen molar-refractivity contribution in [2.45, 2.75) is 12.8 Å². The van der Waals surface area contributed by atoms with E-state index < -0.39 is 16.8 Å². The van der Waals surface area contributed by atoms with E-state index in [1.807, 2.05) is 37.3 Å². The predicted octanol–water partition coefficient (Wildman–Crippen LogP) is 2.91. The van der Waals surface area contributed by atoms with Gasteiger partial charge in [-0.05, 0) is 17.5 Å². The van der Waals surface area contributed by atoms with E-state index in [1.54, 1.807) is 0 Å². The molecule has 2 aromatic rings. The van der Waals surface area contributed by atoms with Crippen molar-refractivity contribution >= 4 is 17.6 Å². The van der Waals surface area contributed by atoms with Crippen LogP contribution in [0.1, 0.15) is 39.1 Å². The van der Waals surface area contributed by atoms with E-state index in [2.05, 4.69) is 10.1 Å². The summed E-state index contributed by atoms with van der Waals surface area (Å²) in [5.41, 5.74) is 0.717. The minimum Gasteiger partial charge on any atom is -0.465 e. The van der Waals surface area contributed by atoms with Gasteiger partial charge in [0, 0.05) is 24.2 Å². The summed E-state index contributed by atoms with van der Waals surface area (Å²) in [6.45, 7) is 2.32. The molecule has 0 aliphatic carbocycles. The molecule has 25 heavy (non-hydrogen) atoms. The number of non-ortho nitro benzene ring substituents is 1. The Labute approximate surface area is 144 Å². The first-order valence-corrected chi connectivity index (χ1v) is 7.63. The van der Waals surface area contributed by atoms with Crippen LogP contribution in [0.3, 0.4) is 0 Å². The smallest absolute Gasteiger partial charge is 0.338 e. The average molecular weight is 342 g/mol. The second-order valence-corrected chi connectivity index (χ2v) is 5.54. The van der Waals surface area contributed by atoms with Crippen LogP contribution in [0.25, 0.3) is 0 Å². The van der Waals surface area contributed by atoms with Gasteiger partial charge in [0.2, 0.25) is 0 Å². The molecule has 1 atom stereocenters. The fourth-order valence-electron chi connectivity index (χ4n) is 2.33. The summed E-state index contributed by atoms with van der Waals surface area (Å²) < 4.78 is 4.57. The standard InChI is InChI=1S/C18H18N2O5/c1-12(13-6-4-3-5-7-13)11-19-17(21)14-8-15(18(22)25-2)10-16(9-14)20(23)24/h3-10,12H,11H2,1-2H3,(H,19,21). The summed E-state index contributed by atoms with van der Waals surface area (Å²) in [5, 5.41) is 13.7. The number of nitrogens with zero attached hydrogens (tertiary/aromatic N) is 1. The first kappa shape index (κ1) is 18.1. The van der Waals surface area contributed by atoms with Gasteiger partial charge in [-0.2, -0.15) is 0 Å². The third kappa shape index (κ3) is 4.63. The third-order valence-corrected chi connectivity index (χ3v) is 3.75. The fourth-order valence-corrected chi connectivity index (χ4v) is 2.33. The van der Waals surface area contributed by atoms with E-state index in [-0.39, 0.29) is 22.7 Å². The zero-order valence-electron chi connectivity index (χ0n) is 13.9. The Kier molecular flexibility index (Phi) is 5.84. The number of nitro benzene ring substituents is 1. The first-order chi connectivity index (χ1) is 11.9. The van der Waals surface area contributed by atoms with Gasteiger partial charge < -0.3 is 10.1 Å². The lowest BCUT2D eigenvalue weighted by Gasteiger charge is -2.13. The monoisotopic (exact) mass is 342 g/mol. The Balaban J connectivity index is 2.16. The molecule has 7 nitrogen and oxygen atoms in total. The molecule has 130 valence electrons. The molecule has 1 unspecified atom stereocenters. The maximum Gasteiger partial charge on any atom is 0.338 e. The van der Waals surface area contributed by atoms with Crippen LogP contribution in [0.15, 0.2) is 48.5 Å². The SMILES string of the molecule is COC(=O)c1cc(C(=O)NCC(C)c2ccccc2)cc([N+](=O)[O-])c1. The van der Waals surface area contributed by atoms with Gasteiger partial charge in [-0.15, -0.1) is 0 Å². The second kappa shape index (κ2) is 8.05. The molecule has 0 spiro atoms. The van der Waals surface area contributed by atoms with Crippen molar-refractivity contribution < 1.29 is 19.2 Å². The molecule has 2 rings (SSSR count). The maximum absolute atomic E-state index is 12.3. The van der Waals surface area contributed by atoms with Gasteiger partial charge >= 0.3 is 5.97 Å². The van der Waals surface area contributed by atoms with E-state index in [0.29, 0.717) is 6.54 Å². The lowest BCUT2D eigenvalue weighted by atomic mass is 10.0. The predicted molar refractivity (Wildman–Crippen MR) is 91.6 cm³/mol. The summed E-state index contributed by atoms with van der Waals surface area (Å²) in [4.78, 5) is 34.3. The van der Waals surface area contributed by atoms with Crippen molar-refractivity contribution in [2.24, 2.45) is 0 Å². The van der Waals surface area contributed by atoms with Crippen LogP contribution in [0, 0.1) is 10.1 Å². The lowest BCUT2D eigenvalue weighted by Crippen LogP contribution is -2.27. The van der Waals surface area contributed by atoms with Gasteiger partial charge in [0.25, 0.3) is 11.6 Å². The molecular formula is C18H18N2O5. The summed E-state index contributed by atoms with van der Waals surface area (Å²) >= 11 is 0. The van der Waals surface area contributed by atoms with E-state index in [9.17, 15) is 19.7 Å². The van der Waals surface area contributed by atoms with Gasteiger partial charge in [-0.25, -0.2) is 4.79 Å². The Morgan fingerprint density at radius 1 is 1.16 bits per heavy atom. The number of amides is 1. The molecule has 1 amide bonds. The molecule has 7 heteroatoms. The van der Waals surface area contributed by atoms with Crippen LogP contribution in [-0.2, 0) is 4.74 Å².